The number of rotatable bonds is 3. The van der Waals surface area contributed by atoms with Crippen LogP contribution in [0, 0.1) is 10.8 Å². The Hall–Kier alpha value is -0.220. The summed E-state index contributed by atoms with van der Waals surface area (Å²) in [6, 6.07) is 0.0763. The zero-order valence-electron chi connectivity index (χ0n) is 12.9. The Balaban J connectivity index is 1.99. The average Bonchev–Trinajstić information content (AvgIpc) is 2.56. The maximum Gasteiger partial charge on any atom is 0.140 e. The van der Waals surface area contributed by atoms with E-state index in [-0.39, 0.29) is 11.5 Å². The fraction of sp³-hybridized carbons (Fsp3) is 1.00. The topological polar surface area (TPSA) is 24.1 Å². The van der Waals surface area contributed by atoms with E-state index in [2.05, 4.69) is 10.6 Å². The first-order valence-corrected chi connectivity index (χ1v) is 7.31. The standard InChI is InChI=1S/C15H28F2N2/c1-12(2,3)14(16)7-11(19-10-14)6-13(4,5)15(17)8-18-9-15/h11,18-19H,6-10H2,1-5H3. The molecule has 0 aromatic heterocycles. The second-order valence-electron chi connectivity index (χ2n) is 8.15. The summed E-state index contributed by atoms with van der Waals surface area (Å²) in [5.41, 5.74) is -3.11. The lowest BCUT2D eigenvalue weighted by Gasteiger charge is -2.48. The van der Waals surface area contributed by atoms with Crippen molar-refractivity contribution in [1.29, 1.82) is 0 Å². The predicted molar refractivity (Wildman–Crippen MR) is 74.8 cm³/mol. The molecule has 0 amide bonds. The first-order chi connectivity index (χ1) is 8.49. The zero-order valence-corrected chi connectivity index (χ0v) is 12.9. The highest BCUT2D eigenvalue weighted by molar-refractivity contribution is 5.08. The maximum absolute atomic E-state index is 14.9. The number of hydrogen-bond acceptors (Lipinski definition) is 2. The molecule has 2 aliphatic heterocycles. The van der Waals surface area contributed by atoms with Gasteiger partial charge in [-0.25, -0.2) is 8.78 Å². The van der Waals surface area contributed by atoms with Gasteiger partial charge >= 0.3 is 0 Å². The van der Waals surface area contributed by atoms with Crippen molar-refractivity contribution in [2.24, 2.45) is 10.8 Å². The van der Waals surface area contributed by atoms with Gasteiger partial charge in [0.05, 0.1) is 0 Å². The van der Waals surface area contributed by atoms with Crippen molar-refractivity contribution >= 4 is 0 Å². The Morgan fingerprint density at radius 3 is 1.95 bits per heavy atom. The van der Waals surface area contributed by atoms with Gasteiger partial charge in [0.1, 0.15) is 11.3 Å². The van der Waals surface area contributed by atoms with Crippen LogP contribution in [0.1, 0.15) is 47.5 Å². The first kappa shape index (κ1) is 15.2. The Morgan fingerprint density at radius 2 is 1.58 bits per heavy atom. The van der Waals surface area contributed by atoms with E-state index in [1.807, 2.05) is 34.6 Å². The largest absolute Gasteiger partial charge is 0.311 e. The summed E-state index contributed by atoms with van der Waals surface area (Å²) in [7, 11) is 0. The Labute approximate surface area is 115 Å². The molecular weight excluding hydrogens is 246 g/mol. The molecule has 2 N–H and O–H groups in total. The van der Waals surface area contributed by atoms with Crippen molar-refractivity contribution in [3.63, 3.8) is 0 Å². The lowest BCUT2D eigenvalue weighted by Crippen LogP contribution is -2.64. The molecule has 2 unspecified atom stereocenters. The third-order valence-electron chi connectivity index (χ3n) is 5.37. The molecule has 112 valence electrons. The summed E-state index contributed by atoms with van der Waals surface area (Å²) in [6.45, 7) is 11.0. The van der Waals surface area contributed by atoms with Crippen LogP contribution in [0.3, 0.4) is 0 Å². The fourth-order valence-electron chi connectivity index (χ4n) is 3.18. The molecule has 2 fully saturated rings. The van der Waals surface area contributed by atoms with Crippen molar-refractivity contribution in [2.45, 2.75) is 64.8 Å². The number of halogens is 2. The molecule has 0 saturated carbocycles. The van der Waals surface area contributed by atoms with Crippen LogP contribution in [0.15, 0.2) is 0 Å². The lowest BCUT2D eigenvalue weighted by atomic mass is 9.68. The molecule has 2 atom stereocenters. The predicted octanol–water partition coefficient (Wildman–Crippen LogP) is 2.83. The molecule has 2 heterocycles. The van der Waals surface area contributed by atoms with Crippen LogP contribution in [0.25, 0.3) is 0 Å². The second kappa shape index (κ2) is 4.39. The van der Waals surface area contributed by atoms with E-state index in [1.54, 1.807) is 0 Å². The van der Waals surface area contributed by atoms with E-state index in [0.29, 0.717) is 32.5 Å². The normalized spacial score (nSPS) is 35.2. The summed E-state index contributed by atoms with van der Waals surface area (Å²) in [4.78, 5) is 0. The molecule has 4 heteroatoms. The average molecular weight is 274 g/mol. The van der Waals surface area contributed by atoms with E-state index in [1.165, 1.54) is 0 Å². The summed E-state index contributed by atoms with van der Waals surface area (Å²) < 4.78 is 29.4. The third kappa shape index (κ3) is 2.54. The van der Waals surface area contributed by atoms with Crippen LogP contribution in [-0.2, 0) is 0 Å². The molecule has 0 bridgehead atoms. The van der Waals surface area contributed by atoms with Gasteiger partial charge in [0.15, 0.2) is 0 Å². The van der Waals surface area contributed by atoms with Crippen LogP contribution in [0.5, 0.6) is 0 Å². The van der Waals surface area contributed by atoms with Gasteiger partial charge in [0.2, 0.25) is 0 Å². The summed E-state index contributed by atoms with van der Waals surface area (Å²) in [5.74, 6) is 0. The van der Waals surface area contributed by atoms with Gasteiger partial charge in [-0.1, -0.05) is 34.6 Å². The minimum absolute atomic E-state index is 0.0763. The Morgan fingerprint density at radius 1 is 1.00 bits per heavy atom. The minimum Gasteiger partial charge on any atom is -0.311 e. The van der Waals surface area contributed by atoms with Crippen molar-refractivity contribution < 1.29 is 8.78 Å². The zero-order chi connectivity index (χ0) is 14.5. The van der Waals surface area contributed by atoms with Gasteiger partial charge in [-0.15, -0.1) is 0 Å². The first-order valence-electron chi connectivity index (χ1n) is 7.31. The monoisotopic (exact) mass is 274 g/mol. The Bertz CT molecular complexity index is 345. The number of nitrogens with one attached hydrogen (secondary N) is 2. The van der Waals surface area contributed by atoms with E-state index >= 15 is 0 Å². The van der Waals surface area contributed by atoms with E-state index in [9.17, 15) is 8.78 Å². The van der Waals surface area contributed by atoms with Crippen molar-refractivity contribution in [3.05, 3.63) is 0 Å². The second-order valence-corrected chi connectivity index (χ2v) is 8.15. The van der Waals surface area contributed by atoms with E-state index in [0.717, 1.165) is 0 Å². The van der Waals surface area contributed by atoms with E-state index in [4.69, 9.17) is 0 Å². The van der Waals surface area contributed by atoms with Crippen molar-refractivity contribution in [2.75, 3.05) is 19.6 Å². The van der Waals surface area contributed by atoms with Gasteiger partial charge in [0.25, 0.3) is 0 Å². The third-order valence-corrected chi connectivity index (χ3v) is 5.37. The summed E-state index contributed by atoms with van der Waals surface area (Å²) in [5, 5.41) is 6.27. The van der Waals surface area contributed by atoms with Crippen molar-refractivity contribution in [1.82, 2.24) is 10.6 Å². The molecule has 0 radical (unpaired) electrons. The number of alkyl halides is 2. The molecule has 2 saturated heterocycles. The lowest BCUT2D eigenvalue weighted by molar-refractivity contribution is -0.0411. The van der Waals surface area contributed by atoms with Crippen LogP contribution in [-0.4, -0.2) is 37.0 Å². The van der Waals surface area contributed by atoms with Crippen LogP contribution >= 0.6 is 0 Å². The molecular formula is C15H28F2N2. The summed E-state index contributed by atoms with van der Waals surface area (Å²) >= 11 is 0. The summed E-state index contributed by atoms with van der Waals surface area (Å²) in [6.07, 6.45) is 1.18. The quantitative estimate of drug-likeness (QED) is 0.827. The minimum atomic E-state index is -1.19. The molecule has 2 nitrogen and oxygen atoms in total. The molecule has 0 spiro atoms. The maximum atomic E-state index is 14.9. The highest BCUT2D eigenvalue weighted by Gasteiger charge is 2.54. The van der Waals surface area contributed by atoms with Gasteiger partial charge in [-0.05, 0) is 18.3 Å². The Kier molecular flexibility index (Phi) is 3.50. The van der Waals surface area contributed by atoms with Gasteiger partial charge < -0.3 is 10.6 Å². The van der Waals surface area contributed by atoms with Gasteiger partial charge in [-0.3, -0.25) is 0 Å². The fourth-order valence-corrected chi connectivity index (χ4v) is 3.18. The molecule has 19 heavy (non-hydrogen) atoms. The smallest absolute Gasteiger partial charge is 0.140 e. The SMILES string of the molecule is CC(C)(C)C1(F)CNC(CC(C)(C)C2(F)CNC2)C1. The molecule has 0 aromatic rings. The van der Waals surface area contributed by atoms with Crippen LogP contribution in [0.2, 0.25) is 0 Å². The molecule has 0 aliphatic carbocycles. The molecule has 2 aliphatic rings. The highest BCUT2D eigenvalue weighted by Crippen LogP contribution is 2.46. The molecule has 0 aromatic carbocycles. The van der Waals surface area contributed by atoms with Gasteiger partial charge in [-0.2, -0.15) is 0 Å². The molecule has 2 rings (SSSR count). The highest BCUT2D eigenvalue weighted by atomic mass is 19.1. The van der Waals surface area contributed by atoms with Crippen LogP contribution < -0.4 is 10.6 Å². The van der Waals surface area contributed by atoms with Crippen LogP contribution in [0.4, 0.5) is 8.78 Å². The number of hydrogen-bond donors (Lipinski definition) is 2. The van der Waals surface area contributed by atoms with Gasteiger partial charge in [0, 0.05) is 31.1 Å². The van der Waals surface area contributed by atoms with E-state index < -0.39 is 16.8 Å². The van der Waals surface area contributed by atoms with Crippen molar-refractivity contribution in [3.8, 4) is 0 Å².